The van der Waals surface area contributed by atoms with Gasteiger partial charge in [0.25, 0.3) is 0 Å². The maximum Gasteiger partial charge on any atom is 0.374 e. The molecule has 0 radical (unpaired) electrons. The zero-order valence-corrected chi connectivity index (χ0v) is 14.7. The molecule has 0 heterocycles. The maximum absolute atomic E-state index is 12.1. The van der Waals surface area contributed by atoms with E-state index in [0.29, 0.717) is 22.9 Å². The number of halogens is 1. The molecule has 2 rings (SSSR count). The molecule has 0 spiro atoms. The second kappa shape index (κ2) is 8.53. The highest BCUT2D eigenvalue weighted by molar-refractivity contribution is 6.33. The first-order valence-electron chi connectivity index (χ1n) is 7.78. The molecular formula is C19H19ClO5. The molecule has 2 aromatic carbocycles. The Bertz CT molecular complexity index is 755. The minimum absolute atomic E-state index is 0.0106. The summed E-state index contributed by atoms with van der Waals surface area (Å²) in [6.45, 7) is 2.32. The van der Waals surface area contributed by atoms with Crippen LogP contribution in [-0.2, 0) is 14.3 Å². The summed E-state index contributed by atoms with van der Waals surface area (Å²) >= 11 is 5.92. The van der Waals surface area contributed by atoms with Crippen molar-refractivity contribution in [3.8, 4) is 11.5 Å². The van der Waals surface area contributed by atoms with Crippen molar-refractivity contribution < 1.29 is 24.2 Å². The van der Waals surface area contributed by atoms with Gasteiger partial charge in [0.2, 0.25) is 5.78 Å². The number of phenols is 1. The standard InChI is InChI=1S/C19H19ClO5/c1-3-25-14-8-9-15(17(21)10-14)16(11-18(22)19(23)24-2)12-4-6-13(20)7-5-12/h4-10,16,21H,3,11H2,1-2H3/t16-/m1/s1. The average molecular weight is 363 g/mol. The molecule has 0 saturated heterocycles. The van der Waals surface area contributed by atoms with E-state index in [1.54, 1.807) is 36.4 Å². The fourth-order valence-electron chi connectivity index (χ4n) is 2.56. The smallest absolute Gasteiger partial charge is 0.374 e. The number of phenolic OH excluding ortho intramolecular Hbond substituents is 1. The van der Waals surface area contributed by atoms with Gasteiger partial charge in [0.15, 0.2) is 0 Å². The van der Waals surface area contributed by atoms with Crippen LogP contribution in [0.2, 0.25) is 5.02 Å². The number of hydrogen-bond acceptors (Lipinski definition) is 5. The van der Waals surface area contributed by atoms with Crippen LogP contribution < -0.4 is 4.74 Å². The molecule has 0 amide bonds. The lowest BCUT2D eigenvalue weighted by molar-refractivity contribution is -0.151. The molecule has 0 aliphatic heterocycles. The van der Waals surface area contributed by atoms with Crippen molar-refractivity contribution >= 4 is 23.4 Å². The van der Waals surface area contributed by atoms with Crippen LogP contribution in [0.25, 0.3) is 0 Å². The molecule has 25 heavy (non-hydrogen) atoms. The average Bonchev–Trinajstić information content (AvgIpc) is 2.60. The van der Waals surface area contributed by atoms with E-state index in [0.717, 1.165) is 12.7 Å². The SMILES string of the molecule is CCOc1ccc([C@H](CC(=O)C(=O)OC)c2ccc(Cl)cc2)c(O)c1. The van der Waals surface area contributed by atoms with E-state index in [1.165, 1.54) is 6.07 Å². The molecular weight excluding hydrogens is 344 g/mol. The number of methoxy groups -OCH3 is 1. The highest BCUT2D eigenvalue weighted by Gasteiger charge is 2.25. The van der Waals surface area contributed by atoms with Crippen LogP contribution in [0, 0.1) is 0 Å². The van der Waals surface area contributed by atoms with Gasteiger partial charge in [-0.1, -0.05) is 29.8 Å². The molecule has 0 aliphatic rings. The zero-order valence-electron chi connectivity index (χ0n) is 14.0. The minimum atomic E-state index is -0.913. The first-order chi connectivity index (χ1) is 12.0. The Labute approximate surface area is 151 Å². The van der Waals surface area contributed by atoms with E-state index in [-0.39, 0.29) is 12.2 Å². The van der Waals surface area contributed by atoms with Gasteiger partial charge >= 0.3 is 5.97 Å². The van der Waals surface area contributed by atoms with Crippen molar-refractivity contribution in [2.45, 2.75) is 19.3 Å². The van der Waals surface area contributed by atoms with Gasteiger partial charge in [-0.25, -0.2) is 4.79 Å². The number of rotatable bonds is 7. The Morgan fingerprint density at radius 1 is 1.16 bits per heavy atom. The summed E-state index contributed by atoms with van der Waals surface area (Å²) in [4.78, 5) is 23.6. The molecule has 2 aromatic rings. The lowest BCUT2D eigenvalue weighted by Crippen LogP contribution is -2.19. The van der Waals surface area contributed by atoms with Gasteiger partial charge < -0.3 is 14.6 Å². The minimum Gasteiger partial charge on any atom is -0.508 e. The summed E-state index contributed by atoms with van der Waals surface area (Å²) in [5.74, 6) is -1.58. The molecule has 6 heteroatoms. The van der Waals surface area contributed by atoms with Gasteiger partial charge in [-0.15, -0.1) is 0 Å². The number of ether oxygens (including phenoxy) is 2. The predicted octanol–water partition coefficient (Wildman–Crippen LogP) is 3.71. The normalized spacial score (nSPS) is 11.6. The lowest BCUT2D eigenvalue weighted by Gasteiger charge is -2.19. The van der Waals surface area contributed by atoms with Crippen molar-refractivity contribution in [2.24, 2.45) is 0 Å². The summed E-state index contributed by atoms with van der Waals surface area (Å²) in [6.07, 6.45) is -0.129. The summed E-state index contributed by atoms with van der Waals surface area (Å²) in [5, 5.41) is 10.9. The van der Waals surface area contributed by atoms with Crippen molar-refractivity contribution in [1.82, 2.24) is 0 Å². The Kier molecular flexibility index (Phi) is 6.42. The molecule has 0 saturated carbocycles. The summed E-state index contributed by atoms with van der Waals surface area (Å²) in [7, 11) is 1.16. The van der Waals surface area contributed by atoms with Gasteiger partial charge in [-0.05, 0) is 30.7 Å². The summed E-state index contributed by atoms with van der Waals surface area (Å²) < 4.78 is 9.85. The third kappa shape index (κ3) is 4.73. The number of benzene rings is 2. The molecule has 132 valence electrons. The second-order valence-corrected chi connectivity index (χ2v) is 5.81. The topological polar surface area (TPSA) is 72.8 Å². The van der Waals surface area contributed by atoms with Gasteiger partial charge in [0, 0.05) is 29.0 Å². The van der Waals surface area contributed by atoms with Crippen LogP contribution in [0.3, 0.4) is 0 Å². The van der Waals surface area contributed by atoms with Crippen LogP contribution in [0.5, 0.6) is 11.5 Å². The number of hydrogen-bond donors (Lipinski definition) is 1. The van der Waals surface area contributed by atoms with Crippen LogP contribution in [0.1, 0.15) is 30.4 Å². The molecule has 0 aromatic heterocycles. The van der Waals surface area contributed by atoms with Crippen molar-refractivity contribution in [3.63, 3.8) is 0 Å². The van der Waals surface area contributed by atoms with E-state index >= 15 is 0 Å². The van der Waals surface area contributed by atoms with Gasteiger partial charge in [0.1, 0.15) is 11.5 Å². The number of Topliss-reactive ketones (excluding diaryl/α,β-unsaturated/α-hetero) is 1. The van der Waals surface area contributed by atoms with E-state index in [9.17, 15) is 14.7 Å². The fraction of sp³-hybridized carbons (Fsp3) is 0.263. The molecule has 1 atom stereocenters. The van der Waals surface area contributed by atoms with Gasteiger partial charge in [-0.2, -0.15) is 0 Å². The van der Waals surface area contributed by atoms with E-state index in [1.807, 2.05) is 6.92 Å². The van der Waals surface area contributed by atoms with Gasteiger partial charge in [0.05, 0.1) is 13.7 Å². The Balaban J connectivity index is 2.42. The number of carbonyl (C=O) groups is 2. The van der Waals surface area contributed by atoms with Crippen LogP contribution in [0.15, 0.2) is 42.5 Å². The monoisotopic (exact) mass is 362 g/mol. The third-order valence-electron chi connectivity index (χ3n) is 3.76. The molecule has 5 nitrogen and oxygen atoms in total. The van der Waals surface area contributed by atoms with Crippen molar-refractivity contribution in [3.05, 3.63) is 58.6 Å². The van der Waals surface area contributed by atoms with Crippen LogP contribution in [0.4, 0.5) is 0 Å². The van der Waals surface area contributed by atoms with Crippen LogP contribution >= 0.6 is 11.6 Å². The summed E-state index contributed by atoms with van der Waals surface area (Å²) in [5.41, 5.74) is 1.27. The highest BCUT2D eigenvalue weighted by Crippen LogP contribution is 2.36. The second-order valence-electron chi connectivity index (χ2n) is 5.38. The molecule has 0 bridgehead atoms. The number of aromatic hydroxyl groups is 1. The number of carbonyl (C=O) groups excluding carboxylic acids is 2. The molecule has 0 unspecified atom stereocenters. The number of ketones is 1. The van der Waals surface area contributed by atoms with Crippen LogP contribution in [-0.4, -0.2) is 30.6 Å². The zero-order chi connectivity index (χ0) is 18.4. The predicted molar refractivity (Wildman–Crippen MR) is 94.2 cm³/mol. The maximum atomic E-state index is 12.1. The van der Waals surface area contributed by atoms with E-state index in [2.05, 4.69) is 4.74 Å². The lowest BCUT2D eigenvalue weighted by atomic mass is 9.86. The largest absolute Gasteiger partial charge is 0.508 e. The quantitative estimate of drug-likeness (QED) is 0.600. The van der Waals surface area contributed by atoms with E-state index in [4.69, 9.17) is 16.3 Å². The molecule has 1 N–H and O–H groups in total. The number of esters is 1. The summed E-state index contributed by atoms with van der Waals surface area (Å²) in [6, 6.07) is 11.8. The molecule has 0 fully saturated rings. The Morgan fingerprint density at radius 2 is 1.84 bits per heavy atom. The Hall–Kier alpha value is -2.53. The van der Waals surface area contributed by atoms with Gasteiger partial charge in [-0.3, -0.25) is 4.79 Å². The first kappa shape index (κ1) is 18.8. The highest BCUT2D eigenvalue weighted by atomic mass is 35.5. The fourth-order valence-corrected chi connectivity index (χ4v) is 2.69. The third-order valence-corrected chi connectivity index (χ3v) is 4.02. The van der Waals surface area contributed by atoms with Crippen molar-refractivity contribution in [2.75, 3.05) is 13.7 Å². The first-order valence-corrected chi connectivity index (χ1v) is 8.16. The molecule has 0 aliphatic carbocycles. The Morgan fingerprint density at radius 3 is 2.40 bits per heavy atom. The van der Waals surface area contributed by atoms with Crippen molar-refractivity contribution in [1.29, 1.82) is 0 Å². The van der Waals surface area contributed by atoms with E-state index < -0.39 is 17.7 Å².